The number of nitrogens with zero attached hydrogens (tertiary/aromatic N) is 1. The van der Waals surface area contributed by atoms with E-state index in [4.69, 9.17) is 0 Å². The lowest BCUT2D eigenvalue weighted by Crippen LogP contribution is -2.14. The topological polar surface area (TPSA) is 38.5 Å². The van der Waals surface area contributed by atoms with E-state index in [2.05, 4.69) is 31.2 Å². The summed E-state index contributed by atoms with van der Waals surface area (Å²) in [6.45, 7) is 0. The number of hydrogen-bond donors (Lipinski definition) is 1. The highest BCUT2D eigenvalue weighted by Crippen LogP contribution is 2.16. The molecule has 0 radical (unpaired) electrons. The summed E-state index contributed by atoms with van der Waals surface area (Å²) < 4.78 is 1.05. The van der Waals surface area contributed by atoms with Crippen LogP contribution in [0.2, 0.25) is 0 Å². The first kappa shape index (κ1) is 14.5. The summed E-state index contributed by atoms with van der Waals surface area (Å²) >= 11 is 3.45. The van der Waals surface area contributed by atoms with Gasteiger partial charge in [0.1, 0.15) is 0 Å². The van der Waals surface area contributed by atoms with Crippen LogP contribution in [0, 0.1) is 0 Å². The minimum Gasteiger partial charge on any atom is -0.319 e. The van der Waals surface area contributed by atoms with Crippen LogP contribution < -0.4 is 10.3 Å². The number of aromatic nitrogens is 1. The van der Waals surface area contributed by atoms with Crippen molar-refractivity contribution in [3.8, 4) is 0 Å². The average molecular weight is 353 g/mol. The number of hydrogen-bond acceptors (Lipinski definition) is 1. The van der Waals surface area contributed by atoms with Crippen molar-refractivity contribution in [1.29, 1.82) is 0 Å². The highest BCUT2D eigenvalue weighted by molar-refractivity contribution is 9.10. The third kappa shape index (κ3) is 3.80. The highest BCUT2D eigenvalue weighted by Gasteiger charge is 2.11. The molecule has 1 aromatic heterocycles. The van der Waals surface area contributed by atoms with E-state index in [0.29, 0.717) is 0 Å². The standard InChI is InChI=1S/C18H14BrN3/c19-15-9-11-16(12-10-15)21-18(14-6-2-1-3-7-14)22-17-8-4-5-13-20-17/h1-13H,(H,20,21,22)/p+1. The number of benzene rings is 2. The van der Waals surface area contributed by atoms with Gasteiger partial charge >= 0.3 is 5.82 Å². The van der Waals surface area contributed by atoms with Crippen molar-refractivity contribution < 1.29 is 4.98 Å². The molecule has 0 saturated carbocycles. The average Bonchev–Trinajstić information content (AvgIpc) is 2.58. The Labute approximate surface area is 137 Å². The molecular formula is C18H15BrN3+. The fourth-order valence-corrected chi connectivity index (χ4v) is 2.27. The zero-order chi connectivity index (χ0) is 15.2. The lowest BCUT2D eigenvalue weighted by Gasteiger charge is -2.06. The van der Waals surface area contributed by atoms with Crippen LogP contribution >= 0.6 is 15.9 Å². The Kier molecular flexibility index (Phi) is 4.61. The molecule has 108 valence electrons. The summed E-state index contributed by atoms with van der Waals surface area (Å²) in [4.78, 5) is 7.81. The summed E-state index contributed by atoms with van der Waals surface area (Å²) in [6.07, 6.45) is 1.86. The van der Waals surface area contributed by atoms with Crippen LogP contribution in [-0.4, -0.2) is 5.84 Å². The van der Waals surface area contributed by atoms with Crippen LogP contribution in [0.15, 0.2) is 88.5 Å². The molecule has 2 aromatic carbocycles. The van der Waals surface area contributed by atoms with Crippen molar-refractivity contribution in [2.24, 2.45) is 4.99 Å². The van der Waals surface area contributed by atoms with Crippen molar-refractivity contribution in [1.82, 2.24) is 0 Å². The maximum absolute atomic E-state index is 4.68. The molecule has 0 aliphatic heterocycles. The first-order valence-corrected chi connectivity index (χ1v) is 7.74. The van der Waals surface area contributed by atoms with Crippen molar-refractivity contribution in [2.75, 3.05) is 5.32 Å². The van der Waals surface area contributed by atoms with Crippen LogP contribution in [0.5, 0.6) is 0 Å². The third-order valence-corrected chi connectivity index (χ3v) is 3.61. The van der Waals surface area contributed by atoms with Crippen LogP contribution in [0.25, 0.3) is 0 Å². The number of pyridine rings is 1. The van der Waals surface area contributed by atoms with Crippen molar-refractivity contribution in [2.45, 2.75) is 0 Å². The molecular weight excluding hydrogens is 338 g/mol. The Morgan fingerprint density at radius 2 is 1.59 bits per heavy atom. The molecule has 0 spiro atoms. The van der Waals surface area contributed by atoms with E-state index in [0.717, 1.165) is 27.4 Å². The molecule has 2 N–H and O–H groups in total. The molecule has 0 bridgehead atoms. The molecule has 0 fully saturated rings. The Morgan fingerprint density at radius 1 is 0.864 bits per heavy atom. The van der Waals surface area contributed by atoms with Gasteiger partial charge in [-0.3, -0.25) is 0 Å². The van der Waals surface area contributed by atoms with E-state index in [1.165, 1.54) is 0 Å². The van der Waals surface area contributed by atoms with Gasteiger partial charge in [-0.05, 0) is 47.5 Å². The SMILES string of the molecule is Brc1ccc(NC(=Nc2cccc[nH+]2)c2ccccc2)cc1. The minimum atomic E-state index is 0.797. The van der Waals surface area contributed by atoms with E-state index in [1.807, 2.05) is 79.0 Å². The van der Waals surface area contributed by atoms with Crippen LogP contribution in [-0.2, 0) is 0 Å². The molecule has 4 heteroatoms. The summed E-state index contributed by atoms with van der Waals surface area (Å²) in [7, 11) is 0. The molecule has 0 unspecified atom stereocenters. The Hall–Kier alpha value is -2.46. The number of aliphatic imine (C=N–C) groups is 1. The number of nitrogens with one attached hydrogen (secondary N) is 2. The summed E-state index contributed by atoms with van der Waals surface area (Å²) in [5, 5.41) is 3.38. The molecule has 0 aliphatic rings. The number of H-pyrrole nitrogens is 1. The Balaban J connectivity index is 1.96. The molecule has 3 rings (SSSR count). The van der Waals surface area contributed by atoms with E-state index in [9.17, 15) is 0 Å². The third-order valence-electron chi connectivity index (χ3n) is 3.08. The second-order valence-electron chi connectivity index (χ2n) is 4.71. The van der Waals surface area contributed by atoms with Gasteiger partial charge in [-0.25, -0.2) is 4.98 Å². The predicted molar refractivity (Wildman–Crippen MR) is 93.4 cm³/mol. The van der Waals surface area contributed by atoms with Crippen molar-refractivity contribution in [3.63, 3.8) is 0 Å². The zero-order valence-electron chi connectivity index (χ0n) is 11.8. The van der Waals surface area contributed by atoms with Crippen LogP contribution in [0.1, 0.15) is 5.56 Å². The van der Waals surface area contributed by atoms with Gasteiger partial charge in [0.2, 0.25) is 0 Å². The summed E-state index contributed by atoms with van der Waals surface area (Å²) in [5.74, 6) is 1.59. The largest absolute Gasteiger partial charge is 0.323 e. The van der Waals surface area contributed by atoms with Gasteiger partial charge in [-0.15, -0.1) is 0 Å². The molecule has 3 nitrogen and oxygen atoms in total. The molecule has 22 heavy (non-hydrogen) atoms. The molecule has 3 aromatic rings. The number of aromatic amines is 1. The fourth-order valence-electron chi connectivity index (χ4n) is 2.00. The van der Waals surface area contributed by atoms with Gasteiger partial charge in [0.25, 0.3) is 5.84 Å². The normalized spacial score (nSPS) is 11.2. The van der Waals surface area contributed by atoms with E-state index < -0.39 is 0 Å². The first-order valence-electron chi connectivity index (χ1n) is 6.95. The monoisotopic (exact) mass is 352 g/mol. The zero-order valence-corrected chi connectivity index (χ0v) is 13.4. The van der Waals surface area contributed by atoms with Crippen LogP contribution in [0.3, 0.4) is 0 Å². The van der Waals surface area contributed by atoms with Crippen molar-refractivity contribution in [3.05, 3.63) is 89.0 Å². The first-order chi connectivity index (χ1) is 10.8. The van der Waals surface area contributed by atoms with Gasteiger partial charge in [-0.1, -0.05) is 40.2 Å². The van der Waals surface area contributed by atoms with Gasteiger partial charge < -0.3 is 5.32 Å². The minimum absolute atomic E-state index is 0.797. The second-order valence-corrected chi connectivity index (χ2v) is 5.62. The van der Waals surface area contributed by atoms with E-state index in [-0.39, 0.29) is 0 Å². The van der Waals surface area contributed by atoms with Crippen molar-refractivity contribution >= 4 is 33.3 Å². The molecule has 0 aliphatic carbocycles. The smallest absolute Gasteiger partial charge is 0.319 e. The summed E-state index contributed by atoms with van der Waals surface area (Å²) in [5.41, 5.74) is 2.02. The Bertz CT molecular complexity index is 753. The number of rotatable bonds is 3. The molecule has 0 amide bonds. The maximum Gasteiger partial charge on any atom is 0.323 e. The number of halogens is 1. The van der Waals surface area contributed by atoms with Crippen LogP contribution in [0.4, 0.5) is 11.5 Å². The van der Waals surface area contributed by atoms with E-state index in [1.54, 1.807) is 0 Å². The lowest BCUT2D eigenvalue weighted by molar-refractivity contribution is -0.362. The van der Waals surface area contributed by atoms with E-state index >= 15 is 0 Å². The Morgan fingerprint density at radius 3 is 2.27 bits per heavy atom. The predicted octanol–water partition coefficient (Wildman–Crippen LogP) is 4.45. The summed E-state index contributed by atoms with van der Waals surface area (Å²) in [6, 6.07) is 23.9. The molecule has 0 atom stereocenters. The quantitative estimate of drug-likeness (QED) is 0.548. The highest BCUT2D eigenvalue weighted by atomic mass is 79.9. The number of anilines is 1. The van der Waals surface area contributed by atoms with Gasteiger partial charge in [0.05, 0.1) is 6.20 Å². The maximum atomic E-state index is 4.68. The molecule has 1 heterocycles. The fraction of sp³-hybridized carbons (Fsp3) is 0. The number of amidine groups is 1. The van der Waals surface area contributed by atoms with Gasteiger partial charge in [0.15, 0.2) is 0 Å². The second kappa shape index (κ2) is 7.00. The van der Waals surface area contributed by atoms with Gasteiger partial charge in [0, 0.05) is 21.8 Å². The van der Waals surface area contributed by atoms with Gasteiger partial charge in [-0.2, -0.15) is 0 Å². The lowest BCUT2D eigenvalue weighted by atomic mass is 10.2. The molecule has 0 saturated heterocycles.